The second-order valence-electron chi connectivity index (χ2n) is 15.0. The molecule has 0 bridgehead atoms. The molecule has 0 aliphatic carbocycles. The van der Waals surface area contributed by atoms with Crippen LogP contribution in [0.3, 0.4) is 0 Å². The number of nitrogens with zero attached hydrogens (tertiary/aromatic N) is 3. The number of para-hydroxylation sites is 2. The molecule has 1 unspecified atom stereocenters. The largest absolute Gasteiger partial charge is 0.456 e. The van der Waals surface area contributed by atoms with Gasteiger partial charge in [-0.15, -0.1) is 0 Å². The van der Waals surface area contributed by atoms with Crippen molar-refractivity contribution >= 4 is 77.0 Å². The van der Waals surface area contributed by atoms with Gasteiger partial charge in [-0.1, -0.05) is 146 Å². The van der Waals surface area contributed by atoms with Crippen LogP contribution in [0.25, 0.3) is 82.1 Å². The van der Waals surface area contributed by atoms with Crippen molar-refractivity contribution in [3.63, 3.8) is 0 Å². The molecule has 0 saturated carbocycles. The van der Waals surface area contributed by atoms with E-state index >= 15 is 0 Å². The van der Waals surface area contributed by atoms with E-state index in [-0.39, 0.29) is 6.17 Å². The molecule has 58 heavy (non-hydrogen) atoms. The first-order chi connectivity index (χ1) is 28.7. The first-order valence-electron chi connectivity index (χ1n) is 19.7. The fraction of sp³-hybridized carbons (Fsp3) is 0.0189. The molecule has 9 aromatic carbocycles. The van der Waals surface area contributed by atoms with Gasteiger partial charge in [-0.05, 0) is 86.8 Å². The summed E-state index contributed by atoms with van der Waals surface area (Å²) < 4.78 is 9.14. The van der Waals surface area contributed by atoms with Crippen LogP contribution in [0.4, 0.5) is 0 Å². The van der Waals surface area contributed by atoms with Crippen LogP contribution in [0.1, 0.15) is 22.9 Å². The fourth-order valence-electron chi connectivity index (χ4n) is 8.80. The van der Waals surface area contributed by atoms with Crippen LogP contribution >= 0.6 is 0 Å². The summed E-state index contributed by atoms with van der Waals surface area (Å²) in [6.45, 7) is 0. The molecule has 12 rings (SSSR count). The summed E-state index contributed by atoms with van der Waals surface area (Å²) in [5.74, 6) is 1.39. The molecule has 1 atom stereocenters. The van der Waals surface area contributed by atoms with Crippen molar-refractivity contribution in [1.29, 1.82) is 0 Å². The number of aromatic nitrogens is 1. The van der Waals surface area contributed by atoms with Crippen LogP contribution in [-0.2, 0) is 0 Å². The van der Waals surface area contributed by atoms with E-state index in [1.807, 2.05) is 12.1 Å². The summed E-state index contributed by atoms with van der Waals surface area (Å²) in [4.78, 5) is 10.7. The highest BCUT2D eigenvalue weighted by Gasteiger charge is 2.25. The lowest BCUT2D eigenvalue weighted by atomic mass is 10.0. The van der Waals surface area contributed by atoms with Crippen LogP contribution < -0.4 is 5.32 Å². The van der Waals surface area contributed by atoms with E-state index in [1.165, 1.54) is 32.3 Å². The van der Waals surface area contributed by atoms with Gasteiger partial charge >= 0.3 is 0 Å². The van der Waals surface area contributed by atoms with Gasteiger partial charge in [-0.2, -0.15) is 0 Å². The fourth-order valence-corrected chi connectivity index (χ4v) is 8.80. The summed E-state index contributed by atoms with van der Waals surface area (Å²) >= 11 is 0. The second kappa shape index (κ2) is 12.9. The molecule has 1 aliphatic rings. The summed E-state index contributed by atoms with van der Waals surface area (Å²) in [6.07, 6.45) is -0.387. The maximum atomic E-state index is 6.73. The van der Waals surface area contributed by atoms with Gasteiger partial charge in [0.15, 0.2) is 5.84 Å². The Morgan fingerprint density at radius 3 is 2.00 bits per heavy atom. The second-order valence-corrected chi connectivity index (χ2v) is 15.0. The highest BCUT2D eigenvalue weighted by Crippen LogP contribution is 2.41. The molecular weight excluding hydrogens is 709 g/mol. The van der Waals surface area contributed by atoms with E-state index in [4.69, 9.17) is 14.4 Å². The third kappa shape index (κ3) is 5.25. The molecule has 1 aliphatic heterocycles. The van der Waals surface area contributed by atoms with Crippen molar-refractivity contribution in [3.05, 3.63) is 211 Å². The predicted molar refractivity (Wildman–Crippen MR) is 240 cm³/mol. The highest BCUT2D eigenvalue weighted by atomic mass is 16.3. The molecule has 1 N–H and O–H groups in total. The smallest absolute Gasteiger partial charge is 0.159 e. The number of hydrogen-bond donors (Lipinski definition) is 1. The molecule has 0 fully saturated rings. The third-order valence-electron chi connectivity index (χ3n) is 11.6. The molecule has 0 saturated heterocycles. The lowest BCUT2D eigenvalue weighted by molar-refractivity contribution is 0.666. The van der Waals surface area contributed by atoms with Crippen molar-refractivity contribution in [2.75, 3.05) is 0 Å². The zero-order valence-corrected chi connectivity index (χ0v) is 31.3. The van der Waals surface area contributed by atoms with Crippen molar-refractivity contribution in [1.82, 2.24) is 9.88 Å². The van der Waals surface area contributed by atoms with E-state index in [1.54, 1.807) is 0 Å². The minimum Gasteiger partial charge on any atom is -0.456 e. The molecule has 0 radical (unpaired) electrons. The monoisotopic (exact) mass is 742 g/mol. The van der Waals surface area contributed by atoms with Gasteiger partial charge in [0.2, 0.25) is 0 Å². The van der Waals surface area contributed by atoms with Crippen LogP contribution in [0.5, 0.6) is 0 Å². The quantitative estimate of drug-likeness (QED) is 0.191. The standard InChI is InChI=1S/C53H34N4O/c1-2-13-33(14-3-1)36-19-12-20-39(27-36)51-54-52(40-26-25-34-15-4-5-16-35(34)28-40)56-53(55-51)41-31-47(50-43-22-9-11-24-48(43)58-49(50)32-41)57-45-23-10-8-21-42(45)44-29-37-17-6-7-18-38(37)30-46(44)57/h1-32,52H,(H,54,55,56). The Kier molecular flexibility index (Phi) is 7.23. The predicted octanol–water partition coefficient (Wildman–Crippen LogP) is 13.2. The molecule has 0 amide bonds. The molecular formula is C53H34N4O. The SMILES string of the molecule is c1ccc(-c2cccc(C3=NC(c4ccc5ccccc5c4)NC(c4cc(-n5c6ccccc6c6cc7ccccc7cc65)c5c(c4)oc4ccccc45)=N3)c2)cc1. The van der Waals surface area contributed by atoms with Gasteiger partial charge in [-0.3, -0.25) is 0 Å². The molecule has 5 nitrogen and oxygen atoms in total. The van der Waals surface area contributed by atoms with Gasteiger partial charge in [0.1, 0.15) is 23.2 Å². The van der Waals surface area contributed by atoms with Gasteiger partial charge in [0, 0.05) is 27.3 Å². The Balaban J connectivity index is 1.11. The van der Waals surface area contributed by atoms with Crippen molar-refractivity contribution < 1.29 is 4.42 Å². The minimum atomic E-state index is -0.387. The average molecular weight is 743 g/mol. The van der Waals surface area contributed by atoms with Gasteiger partial charge in [0.25, 0.3) is 0 Å². The van der Waals surface area contributed by atoms with Crippen molar-refractivity contribution in [2.24, 2.45) is 9.98 Å². The number of fused-ring (bicyclic) bond motifs is 8. The summed E-state index contributed by atoms with van der Waals surface area (Å²) in [7, 11) is 0. The first kappa shape index (κ1) is 32.5. The summed E-state index contributed by atoms with van der Waals surface area (Å²) in [5, 5.41) is 13.1. The third-order valence-corrected chi connectivity index (χ3v) is 11.6. The number of furan rings is 1. The lowest BCUT2D eigenvalue weighted by Crippen LogP contribution is -2.33. The molecule has 0 spiro atoms. The Hall–Kier alpha value is -7.76. The number of benzene rings is 9. The number of nitrogens with one attached hydrogen (secondary N) is 1. The summed E-state index contributed by atoms with van der Waals surface area (Å²) in [5.41, 5.74) is 10.1. The van der Waals surface area contributed by atoms with Crippen molar-refractivity contribution in [2.45, 2.75) is 6.17 Å². The number of rotatable bonds is 5. The van der Waals surface area contributed by atoms with Crippen molar-refractivity contribution in [3.8, 4) is 16.8 Å². The number of hydrogen-bond acceptors (Lipinski definition) is 4. The zero-order chi connectivity index (χ0) is 38.2. The number of aliphatic imine (C=N–C) groups is 2. The molecule has 3 heterocycles. The first-order valence-corrected chi connectivity index (χ1v) is 19.7. The van der Waals surface area contributed by atoms with E-state index in [0.29, 0.717) is 5.84 Å². The molecule has 5 heteroatoms. The van der Waals surface area contributed by atoms with Crippen LogP contribution in [0.15, 0.2) is 209 Å². The Bertz CT molecular complexity index is 3500. The normalized spacial score (nSPS) is 14.4. The highest BCUT2D eigenvalue weighted by molar-refractivity contribution is 6.19. The summed E-state index contributed by atoms with van der Waals surface area (Å²) in [6, 6.07) is 68.7. The lowest BCUT2D eigenvalue weighted by Gasteiger charge is -2.24. The van der Waals surface area contributed by atoms with Crippen LogP contribution in [-0.4, -0.2) is 16.2 Å². The van der Waals surface area contributed by atoms with Crippen LogP contribution in [0.2, 0.25) is 0 Å². The van der Waals surface area contributed by atoms with Crippen LogP contribution in [0, 0.1) is 0 Å². The van der Waals surface area contributed by atoms with Gasteiger partial charge in [0.05, 0.1) is 22.1 Å². The van der Waals surface area contributed by atoms with E-state index in [0.717, 1.165) is 72.3 Å². The molecule has 272 valence electrons. The average Bonchev–Trinajstić information content (AvgIpc) is 3.83. The Morgan fingerprint density at radius 2 is 1.14 bits per heavy atom. The Labute approximate surface area is 333 Å². The maximum Gasteiger partial charge on any atom is 0.159 e. The minimum absolute atomic E-state index is 0.387. The Morgan fingerprint density at radius 1 is 0.448 bits per heavy atom. The van der Waals surface area contributed by atoms with E-state index in [2.05, 4.69) is 192 Å². The zero-order valence-electron chi connectivity index (χ0n) is 31.3. The topological polar surface area (TPSA) is 54.8 Å². The maximum absolute atomic E-state index is 6.73. The van der Waals surface area contributed by atoms with E-state index < -0.39 is 0 Å². The molecule has 2 aromatic heterocycles. The molecule has 11 aromatic rings. The van der Waals surface area contributed by atoms with E-state index in [9.17, 15) is 0 Å². The van der Waals surface area contributed by atoms with Gasteiger partial charge in [-0.25, -0.2) is 9.98 Å². The van der Waals surface area contributed by atoms with Gasteiger partial charge < -0.3 is 14.3 Å². The number of amidine groups is 2.